The topological polar surface area (TPSA) is 87.2 Å². The normalized spacial score (nSPS) is 18.3. The van der Waals surface area contributed by atoms with E-state index in [-0.39, 0.29) is 11.5 Å². The Hall–Kier alpha value is -3.04. The van der Waals surface area contributed by atoms with Crippen LogP contribution < -0.4 is 10.6 Å². The molecule has 5 nitrogen and oxygen atoms in total. The third kappa shape index (κ3) is 3.88. The summed E-state index contributed by atoms with van der Waals surface area (Å²) in [5.74, 6) is -0.990. The summed E-state index contributed by atoms with van der Waals surface area (Å²) < 4.78 is 0. The SMILES string of the molecule is Cc1ccc(N2C(=O)C(Cc3cccc(C)c3)S/C2=C(/C#N)C(N)=O)cc1. The Kier molecular flexibility index (Phi) is 5.33. The Balaban J connectivity index is 2.03. The minimum absolute atomic E-state index is 0.158. The van der Waals surface area contributed by atoms with Crippen molar-refractivity contribution in [2.75, 3.05) is 4.90 Å². The lowest BCUT2D eigenvalue weighted by atomic mass is 10.1. The summed E-state index contributed by atoms with van der Waals surface area (Å²) in [6, 6.07) is 17.2. The largest absolute Gasteiger partial charge is 0.365 e. The molecule has 1 atom stereocenters. The number of anilines is 1. The zero-order valence-electron chi connectivity index (χ0n) is 15.1. The molecule has 0 saturated carbocycles. The Morgan fingerprint density at radius 3 is 2.48 bits per heavy atom. The van der Waals surface area contributed by atoms with E-state index in [1.807, 2.05) is 56.3 Å². The average Bonchev–Trinajstić information content (AvgIpc) is 2.92. The van der Waals surface area contributed by atoms with Crippen molar-refractivity contribution in [2.24, 2.45) is 5.73 Å². The highest BCUT2D eigenvalue weighted by atomic mass is 32.2. The van der Waals surface area contributed by atoms with E-state index in [0.29, 0.717) is 17.1 Å². The highest BCUT2D eigenvalue weighted by molar-refractivity contribution is 8.05. The summed E-state index contributed by atoms with van der Waals surface area (Å²) in [6.45, 7) is 3.95. The molecule has 2 aromatic carbocycles. The number of carbonyl (C=O) groups is 2. The van der Waals surface area contributed by atoms with Crippen molar-refractivity contribution in [1.29, 1.82) is 5.26 Å². The first kappa shape index (κ1) is 18.7. The van der Waals surface area contributed by atoms with Crippen molar-refractivity contribution < 1.29 is 9.59 Å². The number of benzene rings is 2. The number of nitrogens with two attached hydrogens (primary N) is 1. The molecule has 0 spiro atoms. The van der Waals surface area contributed by atoms with E-state index in [1.165, 1.54) is 16.7 Å². The number of amides is 2. The molecule has 0 aliphatic carbocycles. The molecule has 2 amide bonds. The Bertz CT molecular complexity index is 974. The van der Waals surface area contributed by atoms with Gasteiger partial charge in [-0.1, -0.05) is 59.3 Å². The predicted octanol–water partition coefficient (Wildman–Crippen LogP) is 3.22. The van der Waals surface area contributed by atoms with Crippen LogP contribution in [0.5, 0.6) is 0 Å². The first-order chi connectivity index (χ1) is 12.9. The number of rotatable bonds is 4. The van der Waals surface area contributed by atoms with Gasteiger partial charge in [0.2, 0.25) is 5.91 Å². The minimum atomic E-state index is -0.832. The quantitative estimate of drug-likeness (QED) is 0.655. The molecule has 0 bridgehead atoms. The second-order valence-corrected chi connectivity index (χ2v) is 7.66. The molecule has 3 rings (SSSR count). The molecular formula is C21H19N3O2S. The summed E-state index contributed by atoms with van der Waals surface area (Å²) >= 11 is 1.22. The summed E-state index contributed by atoms with van der Waals surface area (Å²) in [5.41, 5.74) is 9.01. The number of nitrogens with zero attached hydrogens (tertiary/aromatic N) is 2. The van der Waals surface area contributed by atoms with Crippen LogP contribution >= 0.6 is 11.8 Å². The molecule has 1 saturated heterocycles. The molecule has 1 unspecified atom stereocenters. The molecule has 1 heterocycles. The van der Waals surface area contributed by atoms with Crippen LogP contribution in [0.4, 0.5) is 5.69 Å². The van der Waals surface area contributed by atoms with E-state index in [9.17, 15) is 14.9 Å². The lowest BCUT2D eigenvalue weighted by Crippen LogP contribution is -2.31. The van der Waals surface area contributed by atoms with E-state index >= 15 is 0 Å². The van der Waals surface area contributed by atoms with Crippen LogP contribution in [0.15, 0.2) is 59.1 Å². The van der Waals surface area contributed by atoms with E-state index in [0.717, 1.165) is 16.7 Å². The first-order valence-electron chi connectivity index (χ1n) is 8.47. The van der Waals surface area contributed by atoms with Crippen molar-refractivity contribution in [1.82, 2.24) is 0 Å². The zero-order chi connectivity index (χ0) is 19.6. The monoisotopic (exact) mass is 377 g/mol. The third-order valence-electron chi connectivity index (χ3n) is 4.32. The van der Waals surface area contributed by atoms with Crippen molar-refractivity contribution >= 4 is 29.3 Å². The number of hydrogen-bond donors (Lipinski definition) is 1. The van der Waals surface area contributed by atoms with Gasteiger partial charge in [0, 0.05) is 5.69 Å². The number of hydrogen-bond acceptors (Lipinski definition) is 4. The molecule has 1 aliphatic rings. The summed E-state index contributed by atoms with van der Waals surface area (Å²) in [6.07, 6.45) is 0.508. The van der Waals surface area contributed by atoms with Crippen LogP contribution in [-0.2, 0) is 16.0 Å². The number of aryl methyl sites for hydroxylation is 2. The average molecular weight is 377 g/mol. The van der Waals surface area contributed by atoms with Crippen LogP contribution in [0.3, 0.4) is 0 Å². The summed E-state index contributed by atoms with van der Waals surface area (Å²) in [5, 5.41) is 9.28. The molecule has 1 aliphatic heterocycles. The maximum absolute atomic E-state index is 13.1. The molecule has 1 fully saturated rings. The molecule has 27 heavy (non-hydrogen) atoms. The highest BCUT2D eigenvalue weighted by Gasteiger charge is 2.40. The van der Waals surface area contributed by atoms with Crippen LogP contribution in [0, 0.1) is 25.2 Å². The van der Waals surface area contributed by atoms with Crippen LogP contribution in [0.2, 0.25) is 0 Å². The summed E-state index contributed by atoms with van der Waals surface area (Å²) in [4.78, 5) is 26.3. The fourth-order valence-corrected chi connectivity index (χ4v) is 4.30. The third-order valence-corrected chi connectivity index (χ3v) is 5.58. The predicted molar refractivity (Wildman–Crippen MR) is 107 cm³/mol. The number of thioether (sulfide) groups is 1. The van der Waals surface area contributed by atoms with Gasteiger partial charge in [-0.25, -0.2) is 0 Å². The Morgan fingerprint density at radius 1 is 1.19 bits per heavy atom. The molecule has 2 aromatic rings. The molecule has 6 heteroatoms. The lowest BCUT2D eigenvalue weighted by Gasteiger charge is -2.18. The fraction of sp³-hybridized carbons (Fsp3) is 0.190. The molecule has 0 radical (unpaired) electrons. The van der Waals surface area contributed by atoms with Gasteiger partial charge >= 0.3 is 0 Å². The number of carbonyl (C=O) groups excluding carboxylic acids is 2. The van der Waals surface area contributed by atoms with E-state index in [2.05, 4.69) is 0 Å². The van der Waals surface area contributed by atoms with Gasteiger partial charge in [-0.15, -0.1) is 0 Å². The zero-order valence-corrected chi connectivity index (χ0v) is 15.9. The van der Waals surface area contributed by atoms with Gasteiger partial charge in [0.1, 0.15) is 16.7 Å². The van der Waals surface area contributed by atoms with Crippen molar-refractivity contribution in [3.8, 4) is 6.07 Å². The first-order valence-corrected chi connectivity index (χ1v) is 9.35. The molecule has 2 N–H and O–H groups in total. The van der Waals surface area contributed by atoms with Crippen molar-refractivity contribution in [3.63, 3.8) is 0 Å². The van der Waals surface area contributed by atoms with Crippen molar-refractivity contribution in [3.05, 3.63) is 75.8 Å². The Labute approximate surface area is 162 Å². The lowest BCUT2D eigenvalue weighted by molar-refractivity contribution is -0.117. The highest BCUT2D eigenvalue weighted by Crippen LogP contribution is 2.41. The maximum Gasteiger partial charge on any atom is 0.262 e. The van der Waals surface area contributed by atoms with E-state index in [4.69, 9.17) is 5.73 Å². The smallest absolute Gasteiger partial charge is 0.262 e. The Morgan fingerprint density at radius 2 is 1.89 bits per heavy atom. The molecule has 0 aromatic heterocycles. The number of primary amides is 1. The van der Waals surface area contributed by atoms with Gasteiger partial charge in [-0.3, -0.25) is 14.5 Å². The maximum atomic E-state index is 13.1. The van der Waals surface area contributed by atoms with E-state index in [1.54, 1.807) is 12.1 Å². The second-order valence-electron chi connectivity index (χ2n) is 6.47. The minimum Gasteiger partial charge on any atom is -0.365 e. The van der Waals surface area contributed by atoms with Gasteiger partial charge in [0.15, 0.2) is 0 Å². The molecular weight excluding hydrogens is 358 g/mol. The van der Waals surface area contributed by atoms with Gasteiger partial charge in [-0.05, 0) is 38.0 Å². The fourth-order valence-electron chi connectivity index (χ4n) is 2.98. The van der Waals surface area contributed by atoms with Gasteiger partial charge in [0.05, 0.1) is 5.25 Å². The standard InChI is InChI=1S/C21H19N3O2S/c1-13-6-8-16(9-7-13)24-20(26)18(11-15-5-3-4-14(2)10-15)27-21(24)17(12-22)19(23)25/h3-10,18H,11H2,1-2H3,(H2,23,25)/b21-17-. The second kappa shape index (κ2) is 7.68. The van der Waals surface area contributed by atoms with E-state index < -0.39 is 11.2 Å². The van der Waals surface area contributed by atoms with Gasteiger partial charge in [0.25, 0.3) is 5.91 Å². The molecule has 136 valence electrons. The van der Waals surface area contributed by atoms with Gasteiger partial charge in [-0.2, -0.15) is 5.26 Å². The van der Waals surface area contributed by atoms with Crippen molar-refractivity contribution in [2.45, 2.75) is 25.5 Å². The van der Waals surface area contributed by atoms with Crippen LogP contribution in [-0.4, -0.2) is 17.1 Å². The van der Waals surface area contributed by atoms with Crippen LogP contribution in [0.25, 0.3) is 0 Å². The van der Waals surface area contributed by atoms with Gasteiger partial charge < -0.3 is 5.73 Å². The van der Waals surface area contributed by atoms with Crippen LogP contribution in [0.1, 0.15) is 16.7 Å². The summed E-state index contributed by atoms with van der Waals surface area (Å²) in [7, 11) is 0. The number of nitriles is 1.